The summed E-state index contributed by atoms with van der Waals surface area (Å²) in [5, 5.41) is 3.94. The summed E-state index contributed by atoms with van der Waals surface area (Å²) in [5.41, 5.74) is 0.866. The lowest BCUT2D eigenvalue weighted by Crippen LogP contribution is -2.32. The predicted molar refractivity (Wildman–Crippen MR) is 74.7 cm³/mol. The Labute approximate surface area is 120 Å². The van der Waals surface area contributed by atoms with Crippen LogP contribution in [0.3, 0.4) is 0 Å². The highest BCUT2D eigenvalue weighted by atomic mass is 79.9. The number of ether oxygens (including phenoxy) is 1. The largest absolute Gasteiger partial charge is 0.465 e. The summed E-state index contributed by atoms with van der Waals surface area (Å²) in [7, 11) is 0. The molecule has 3 nitrogen and oxygen atoms in total. The zero-order valence-electron chi connectivity index (χ0n) is 10.1. The van der Waals surface area contributed by atoms with Gasteiger partial charge in [-0.3, -0.25) is 5.32 Å². The molecule has 1 N–H and O–H groups in total. The Bertz CT molecular complexity index is 449. The van der Waals surface area contributed by atoms with Crippen molar-refractivity contribution in [2.75, 3.05) is 6.61 Å². The summed E-state index contributed by atoms with van der Waals surface area (Å²) >= 11 is 9.36. The quantitative estimate of drug-likeness (QED) is 0.839. The lowest BCUT2D eigenvalue weighted by Gasteiger charge is -2.18. The van der Waals surface area contributed by atoms with Crippen molar-refractivity contribution in [2.45, 2.75) is 31.8 Å². The maximum atomic E-state index is 12.0. The van der Waals surface area contributed by atoms with Gasteiger partial charge in [0.25, 0.3) is 0 Å². The van der Waals surface area contributed by atoms with Crippen molar-refractivity contribution < 1.29 is 9.53 Å². The highest BCUT2D eigenvalue weighted by Gasteiger charge is 2.31. The van der Waals surface area contributed by atoms with Crippen LogP contribution in [0.15, 0.2) is 22.7 Å². The second kappa shape index (κ2) is 6.04. The van der Waals surface area contributed by atoms with Gasteiger partial charge in [0.05, 0.1) is 6.61 Å². The van der Waals surface area contributed by atoms with Crippen molar-refractivity contribution in [1.82, 2.24) is 5.32 Å². The molecule has 1 aliphatic carbocycles. The third-order valence-electron chi connectivity index (χ3n) is 2.78. The van der Waals surface area contributed by atoms with Crippen molar-refractivity contribution in [3.05, 3.63) is 33.3 Å². The Kier molecular flexibility index (Phi) is 4.65. The van der Waals surface area contributed by atoms with Crippen molar-refractivity contribution in [1.29, 1.82) is 0 Å². The van der Waals surface area contributed by atoms with Gasteiger partial charge in [0.2, 0.25) is 0 Å². The number of carbonyl (C=O) groups is 1. The van der Waals surface area contributed by atoms with Crippen LogP contribution < -0.4 is 5.32 Å². The molecule has 0 radical (unpaired) electrons. The average Bonchev–Trinajstić information content (AvgIpc) is 3.11. The monoisotopic (exact) mass is 331 g/mol. The molecule has 2 rings (SSSR count). The molecule has 0 heterocycles. The Morgan fingerprint density at radius 1 is 1.61 bits per heavy atom. The van der Waals surface area contributed by atoms with Gasteiger partial charge in [0.1, 0.15) is 6.04 Å². The summed E-state index contributed by atoms with van der Waals surface area (Å²) in [6, 6.07) is 5.41. The molecular formula is C13H15BrClNO2. The van der Waals surface area contributed by atoms with Crippen LogP contribution in [0.25, 0.3) is 0 Å². The second-order valence-corrected chi connectivity index (χ2v) is 5.58. The van der Waals surface area contributed by atoms with Crippen LogP contribution in [-0.4, -0.2) is 18.6 Å². The normalized spacial score (nSPS) is 16.4. The van der Waals surface area contributed by atoms with Crippen LogP contribution in [0.2, 0.25) is 5.02 Å². The maximum Gasteiger partial charge on any atom is 0.327 e. The summed E-state index contributed by atoms with van der Waals surface area (Å²) in [6.45, 7) is 2.19. The average molecular weight is 333 g/mol. The molecule has 1 aromatic carbocycles. The number of benzene rings is 1. The van der Waals surface area contributed by atoms with Crippen LogP contribution in [0.1, 0.15) is 31.4 Å². The molecule has 0 saturated heterocycles. The van der Waals surface area contributed by atoms with Gasteiger partial charge in [-0.05, 0) is 37.5 Å². The van der Waals surface area contributed by atoms with Crippen LogP contribution in [0.4, 0.5) is 0 Å². The standard InChI is InChI=1S/C13H15BrClNO2/c1-2-18-13(17)12(16-9-4-5-9)10-6-3-8(15)7-11(10)14/h3,6-7,9,12,16H,2,4-5H2,1H3. The molecule has 1 aliphatic rings. The van der Waals surface area contributed by atoms with Crippen LogP contribution in [0, 0.1) is 0 Å². The number of halogens is 2. The van der Waals surface area contributed by atoms with Crippen molar-refractivity contribution >= 4 is 33.5 Å². The zero-order valence-corrected chi connectivity index (χ0v) is 12.4. The minimum atomic E-state index is -0.427. The van der Waals surface area contributed by atoms with Gasteiger partial charge < -0.3 is 4.74 Å². The van der Waals surface area contributed by atoms with Gasteiger partial charge >= 0.3 is 5.97 Å². The first kappa shape index (κ1) is 13.8. The molecule has 5 heteroatoms. The summed E-state index contributed by atoms with van der Waals surface area (Å²) < 4.78 is 5.94. The van der Waals surface area contributed by atoms with E-state index in [1.807, 2.05) is 13.0 Å². The molecule has 0 amide bonds. The number of carbonyl (C=O) groups excluding carboxylic acids is 1. The zero-order chi connectivity index (χ0) is 13.1. The minimum Gasteiger partial charge on any atom is -0.465 e. The Morgan fingerprint density at radius 2 is 2.33 bits per heavy atom. The first-order valence-electron chi connectivity index (χ1n) is 5.99. The highest BCUT2D eigenvalue weighted by molar-refractivity contribution is 9.10. The van der Waals surface area contributed by atoms with E-state index in [2.05, 4.69) is 21.2 Å². The van der Waals surface area contributed by atoms with E-state index >= 15 is 0 Å². The molecule has 0 aliphatic heterocycles. The van der Waals surface area contributed by atoms with E-state index in [1.165, 1.54) is 0 Å². The fraction of sp³-hybridized carbons (Fsp3) is 0.462. The first-order valence-corrected chi connectivity index (χ1v) is 7.16. The number of hydrogen-bond donors (Lipinski definition) is 1. The van der Waals surface area contributed by atoms with E-state index in [9.17, 15) is 4.79 Å². The van der Waals surface area contributed by atoms with E-state index < -0.39 is 6.04 Å². The summed E-state index contributed by atoms with van der Waals surface area (Å²) in [6.07, 6.45) is 2.22. The fourth-order valence-corrected chi connectivity index (χ4v) is 2.64. The van der Waals surface area contributed by atoms with Gasteiger partial charge in [-0.2, -0.15) is 0 Å². The molecular weight excluding hydrogens is 318 g/mol. The van der Waals surface area contributed by atoms with E-state index in [0.29, 0.717) is 17.7 Å². The third kappa shape index (κ3) is 3.46. The number of rotatable bonds is 5. The SMILES string of the molecule is CCOC(=O)C(NC1CC1)c1ccc(Cl)cc1Br. The lowest BCUT2D eigenvalue weighted by molar-refractivity contribution is -0.145. The number of esters is 1. The molecule has 1 fully saturated rings. The Balaban J connectivity index is 2.23. The van der Waals surface area contributed by atoms with Gasteiger partial charge in [-0.15, -0.1) is 0 Å². The molecule has 98 valence electrons. The molecule has 1 saturated carbocycles. The van der Waals surface area contributed by atoms with E-state index in [1.54, 1.807) is 12.1 Å². The molecule has 1 aromatic rings. The van der Waals surface area contributed by atoms with E-state index in [4.69, 9.17) is 16.3 Å². The highest BCUT2D eigenvalue weighted by Crippen LogP contribution is 2.30. The van der Waals surface area contributed by atoms with Crippen molar-refractivity contribution in [2.24, 2.45) is 0 Å². The topological polar surface area (TPSA) is 38.3 Å². The van der Waals surface area contributed by atoms with Gasteiger partial charge in [0, 0.05) is 15.5 Å². The molecule has 1 atom stereocenters. The number of nitrogens with one attached hydrogen (secondary N) is 1. The third-order valence-corrected chi connectivity index (χ3v) is 3.70. The fourth-order valence-electron chi connectivity index (χ4n) is 1.73. The van der Waals surface area contributed by atoms with Gasteiger partial charge in [-0.1, -0.05) is 33.6 Å². The van der Waals surface area contributed by atoms with Crippen LogP contribution >= 0.6 is 27.5 Å². The summed E-state index contributed by atoms with van der Waals surface area (Å²) in [4.78, 5) is 12.0. The Hall–Kier alpha value is -0.580. The van der Waals surface area contributed by atoms with Crippen LogP contribution in [-0.2, 0) is 9.53 Å². The van der Waals surface area contributed by atoms with E-state index in [-0.39, 0.29) is 5.97 Å². The van der Waals surface area contributed by atoms with Gasteiger partial charge in [0.15, 0.2) is 0 Å². The first-order chi connectivity index (χ1) is 8.61. The maximum absolute atomic E-state index is 12.0. The molecule has 0 spiro atoms. The molecule has 18 heavy (non-hydrogen) atoms. The van der Waals surface area contributed by atoms with Gasteiger partial charge in [-0.25, -0.2) is 4.79 Å². The molecule has 1 unspecified atom stereocenters. The van der Waals surface area contributed by atoms with Crippen molar-refractivity contribution in [3.63, 3.8) is 0 Å². The van der Waals surface area contributed by atoms with Crippen molar-refractivity contribution in [3.8, 4) is 0 Å². The number of hydrogen-bond acceptors (Lipinski definition) is 3. The predicted octanol–water partition coefficient (Wildman–Crippen LogP) is 3.46. The molecule has 0 aromatic heterocycles. The van der Waals surface area contributed by atoms with E-state index in [0.717, 1.165) is 22.9 Å². The van der Waals surface area contributed by atoms with Crippen LogP contribution in [0.5, 0.6) is 0 Å². The smallest absolute Gasteiger partial charge is 0.327 e. The Morgan fingerprint density at radius 3 is 2.89 bits per heavy atom. The minimum absolute atomic E-state index is 0.243. The lowest BCUT2D eigenvalue weighted by atomic mass is 10.1. The second-order valence-electron chi connectivity index (χ2n) is 4.29. The molecule has 0 bridgehead atoms. The summed E-state index contributed by atoms with van der Waals surface area (Å²) in [5.74, 6) is -0.243.